The van der Waals surface area contributed by atoms with Crippen molar-refractivity contribution >= 4 is 16.7 Å². The fourth-order valence-electron chi connectivity index (χ4n) is 2.66. The van der Waals surface area contributed by atoms with Gasteiger partial charge in [-0.25, -0.2) is 4.98 Å². The summed E-state index contributed by atoms with van der Waals surface area (Å²) in [5.74, 6) is 1.11. The van der Waals surface area contributed by atoms with Crippen molar-refractivity contribution in [1.82, 2.24) is 14.5 Å². The van der Waals surface area contributed by atoms with Crippen LogP contribution in [0.2, 0.25) is 0 Å². The number of anilines is 1. The fraction of sp³-hybridized carbons (Fsp3) is 0.294. The van der Waals surface area contributed by atoms with Crippen LogP contribution in [0.15, 0.2) is 42.7 Å². The summed E-state index contributed by atoms with van der Waals surface area (Å²) in [6, 6.07) is 10.4. The van der Waals surface area contributed by atoms with Gasteiger partial charge in [-0.1, -0.05) is 18.2 Å². The van der Waals surface area contributed by atoms with Crippen molar-refractivity contribution in [1.29, 1.82) is 0 Å². The number of hydrogen-bond donors (Lipinski definition) is 1. The second kappa shape index (κ2) is 5.95. The first kappa shape index (κ1) is 13.6. The lowest BCUT2D eigenvalue weighted by molar-refractivity contribution is 0.717. The van der Waals surface area contributed by atoms with Crippen LogP contribution in [-0.2, 0) is 13.0 Å². The van der Waals surface area contributed by atoms with Gasteiger partial charge >= 0.3 is 0 Å². The first-order valence-electron chi connectivity index (χ1n) is 7.38. The highest BCUT2D eigenvalue weighted by atomic mass is 15.1. The molecule has 0 radical (unpaired) electrons. The lowest BCUT2D eigenvalue weighted by atomic mass is 10.2. The van der Waals surface area contributed by atoms with Crippen molar-refractivity contribution in [2.24, 2.45) is 0 Å². The van der Waals surface area contributed by atoms with Crippen molar-refractivity contribution in [2.75, 3.05) is 11.9 Å². The molecule has 0 aliphatic rings. The van der Waals surface area contributed by atoms with Gasteiger partial charge in [0.25, 0.3) is 0 Å². The fourth-order valence-corrected chi connectivity index (χ4v) is 2.66. The number of imidazole rings is 1. The number of rotatable bonds is 5. The summed E-state index contributed by atoms with van der Waals surface area (Å²) >= 11 is 0. The molecule has 2 aromatic heterocycles. The van der Waals surface area contributed by atoms with E-state index in [0.29, 0.717) is 0 Å². The van der Waals surface area contributed by atoms with Crippen LogP contribution in [-0.4, -0.2) is 21.1 Å². The minimum Gasteiger partial charge on any atom is -0.384 e. The van der Waals surface area contributed by atoms with Crippen LogP contribution in [0.4, 0.5) is 5.69 Å². The van der Waals surface area contributed by atoms with E-state index in [1.165, 1.54) is 16.8 Å². The van der Waals surface area contributed by atoms with Gasteiger partial charge in [-0.15, -0.1) is 0 Å². The molecule has 3 aromatic rings. The molecule has 1 N–H and O–H groups in total. The van der Waals surface area contributed by atoms with Crippen LogP contribution in [0.25, 0.3) is 11.0 Å². The van der Waals surface area contributed by atoms with Gasteiger partial charge in [0.05, 0.1) is 11.7 Å². The van der Waals surface area contributed by atoms with Crippen molar-refractivity contribution in [2.45, 2.75) is 26.8 Å². The average molecular weight is 280 g/mol. The SMILES string of the molecule is CCn1c(CCNc2ccccc2C)nc2cnccc21. The third kappa shape index (κ3) is 2.75. The number of para-hydroxylation sites is 1. The Morgan fingerprint density at radius 3 is 2.86 bits per heavy atom. The largest absolute Gasteiger partial charge is 0.384 e. The normalized spacial score (nSPS) is 11.0. The zero-order valence-electron chi connectivity index (χ0n) is 12.5. The molecule has 0 aliphatic heterocycles. The number of nitrogens with zero attached hydrogens (tertiary/aromatic N) is 3. The monoisotopic (exact) mass is 280 g/mol. The summed E-state index contributed by atoms with van der Waals surface area (Å²) in [4.78, 5) is 8.85. The molecule has 3 rings (SSSR count). The lowest BCUT2D eigenvalue weighted by Crippen LogP contribution is -2.10. The Balaban J connectivity index is 1.75. The summed E-state index contributed by atoms with van der Waals surface area (Å²) in [5.41, 5.74) is 4.60. The Morgan fingerprint density at radius 2 is 2.05 bits per heavy atom. The molecule has 1 aromatic carbocycles. The zero-order valence-corrected chi connectivity index (χ0v) is 12.5. The number of aromatic nitrogens is 3. The predicted octanol–water partition coefficient (Wildman–Crippen LogP) is 3.41. The first-order chi connectivity index (χ1) is 10.3. The van der Waals surface area contributed by atoms with Crippen molar-refractivity contribution in [3.63, 3.8) is 0 Å². The minimum atomic E-state index is 0.877. The Bertz CT molecular complexity index is 745. The molecule has 0 atom stereocenters. The molecule has 4 nitrogen and oxygen atoms in total. The zero-order chi connectivity index (χ0) is 14.7. The van der Waals surface area contributed by atoms with Crippen molar-refractivity contribution < 1.29 is 0 Å². The van der Waals surface area contributed by atoms with Gasteiger partial charge in [0.1, 0.15) is 11.3 Å². The molecule has 4 heteroatoms. The van der Waals surface area contributed by atoms with Crippen LogP contribution in [0, 0.1) is 6.92 Å². The van der Waals surface area contributed by atoms with Gasteiger partial charge in [-0.3, -0.25) is 4.98 Å². The molecular formula is C17H20N4. The number of aryl methyl sites for hydroxylation is 2. The predicted molar refractivity (Wildman–Crippen MR) is 86.6 cm³/mol. The smallest absolute Gasteiger partial charge is 0.111 e. The van der Waals surface area contributed by atoms with E-state index >= 15 is 0 Å². The van der Waals surface area contributed by atoms with E-state index in [1.807, 2.05) is 18.5 Å². The third-order valence-corrected chi connectivity index (χ3v) is 3.75. The lowest BCUT2D eigenvalue weighted by Gasteiger charge is -2.10. The quantitative estimate of drug-likeness (QED) is 0.778. The second-order valence-electron chi connectivity index (χ2n) is 5.13. The van der Waals surface area contributed by atoms with Gasteiger partial charge < -0.3 is 9.88 Å². The molecule has 0 amide bonds. The maximum atomic E-state index is 4.70. The standard InChI is InChI=1S/C17H20N4/c1-3-21-16-8-10-18-12-15(16)20-17(21)9-11-19-14-7-5-4-6-13(14)2/h4-8,10,12,19H,3,9,11H2,1-2H3. The molecule has 0 spiro atoms. The maximum Gasteiger partial charge on any atom is 0.111 e. The topological polar surface area (TPSA) is 42.7 Å². The van der Waals surface area contributed by atoms with Crippen molar-refractivity contribution in [3.05, 3.63) is 54.1 Å². The van der Waals surface area contributed by atoms with Crippen LogP contribution >= 0.6 is 0 Å². The van der Waals surface area contributed by atoms with Crippen LogP contribution in [0.5, 0.6) is 0 Å². The van der Waals surface area contributed by atoms with Crippen LogP contribution in [0.1, 0.15) is 18.3 Å². The van der Waals surface area contributed by atoms with Crippen LogP contribution < -0.4 is 5.32 Å². The molecule has 0 aliphatic carbocycles. The van der Waals surface area contributed by atoms with Gasteiger partial charge in [0.15, 0.2) is 0 Å². The molecule has 21 heavy (non-hydrogen) atoms. The second-order valence-corrected chi connectivity index (χ2v) is 5.13. The summed E-state index contributed by atoms with van der Waals surface area (Å²) < 4.78 is 2.26. The highest BCUT2D eigenvalue weighted by Gasteiger charge is 2.08. The molecule has 2 heterocycles. The number of pyridine rings is 1. The van der Waals surface area contributed by atoms with Crippen LogP contribution in [0.3, 0.4) is 0 Å². The van der Waals surface area contributed by atoms with Gasteiger partial charge in [0, 0.05) is 31.4 Å². The minimum absolute atomic E-state index is 0.877. The van der Waals surface area contributed by atoms with Gasteiger partial charge in [-0.2, -0.15) is 0 Å². The molecule has 108 valence electrons. The van der Waals surface area contributed by atoms with E-state index in [0.717, 1.165) is 30.9 Å². The van der Waals surface area contributed by atoms with E-state index in [2.05, 4.69) is 53.0 Å². The Morgan fingerprint density at radius 1 is 1.19 bits per heavy atom. The molecule has 0 saturated carbocycles. The Hall–Kier alpha value is -2.36. The number of fused-ring (bicyclic) bond motifs is 1. The molecule has 0 bridgehead atoms. The number of nitrogens with one attached hydrogen (secondary N) is 1. The van der Waals surface area contributed by atoms with E-state index in [-0.39, 0.29) is 0 Å². The van der Waals surface area contributed by atoms with Crippen molar-refractivity contribution in [3.8, 4) is 0 Å². The molecule has 0 saturated heterocycles. The average Bonchev–Trinajstić information content (AvgIpc) is 2.86. The highest BCUT2D eigenvalue weighted by Crippen LogP contribution is 2.16. The van der Waals surface area contributed by atoms with Gasteiger partial charge in [-0.05, 0) is 31.5 Å². The number of hydrogen-bond acceptors (Lipinski definition) is 3. The Labute approximate surface area is 124 Å². The Kier molecular flexibility index (Phi) is 3.86. The summed E-state index contributed by atoms with van der Waals surface area (Å²) in [6.07, 6.45) is 4.56. The first-order valence-corrected chi connectivity index (χ1v) is 7.38. The molecule has 0 fully saturated rings. The maximum absolute atomic E-state index is 4.70. The summed E-state index contributed by atoms with van der Waals surface area (Å²) in [5, 5.41) is 3.49. The summed E-state index contributed by atoms with van der Waals surface area (Å²) in [6.45, 7) is 6.08. The summed E-state index contributed by atoms with van der Waals surface area (Å²) in [7, 11) is 0. The highest BCUT2D eigenvalue weighted by molar-refractivity contribution is 5.74. The molecule has 0 unspecified atom stereocenters. The van der Waals surface area contributed by atoms with E-state index in [1.54, 1.807) is 0 Å². The van der Waals surface area contributed by atoms with E-state index in [4.69, 9.17) is 4.98 Å². The van der Waals surface area contributed by atoms with Gasteiger partial charge in [0.2, 0.25) is 0 Å². The number of benzene rings is 1. The molecular weight excluding hydrogens is 260 g/mol. The van der Waals surface area contributed by atoms with E-state index < -0.39 is 0 Å². The van der Waals surface area contributed by atoms with E-state index in [9.17, 15) is 0 Å². The third-order valence-electron chi connectivity index (χ3n) is 3.75.